The molecule has 28 heavy (non-hydrogen) atoms. The summed E-state index contributed by atoms with van der Waals surface area (Å²) in [7, 11) is 1.82. The minimum atomic E-state index is -5.08. The maximum absolute atomic E-state index is 12.6. The van der Waals surface area contributed by atoms with E-state index in [0.29, 0.717) is 11.6 Å². The number of carboxylic acids is 1. The molecule has 0 spiro atoms. The molecule has 1 amide bonds. The molecule has 1 saturated heterocycles. The summed E-state index contributed by atoms with van der Waals surface area (Å²) in [6.07, 6.45) is 0.510. The predicted octanol–water partition coefficient (Wildman–Crippen LogP) is 1.86. The number of nitrogens with one attached hydrogen (secondary N) is 2. The molecule has 3 rings (SSSR count). The molecule has 0 aliphatic carbocycles. The largest absolute Gasteiger partial charge is 0.490 e. The monoisotopic (exact) mass is 401 g/mol. The molecule has 11 heteroatoms. The van der Waals surface area contributed by atoms with E-state index < -0.39 is 12.1 Å². The van der Waals surface area contributed by atoms with E-state index in [4.69, 9.17) is 9.90 Å². The Kier molecular flexibility index (Phi) is 6.27. The van der Waals surface area contributed by atoms with Gasteiger partial charge in [0.1, 0.15) is 0 Å². The lowest BCUT2D eigenvalue weighted by molar-refractivity contribution is -0.192. The average Bonchev–Trinajstić information content (AvgIpc) is 3.25. The second-order valence-electron chi connectivity index (χ2n) is 6.99. The van der Waals surface area contributed by atoms with Crippen LogP contribution in [0.4, 0.5) is 13.2 Å². The summed E-state index contributed by atoms with van der Waals surface area (Å²) in [6, 6.07) is 2.06. The standard InChI is InChI=1S/C15H21N5O.C2HF3O2/c1-15(2,12-5-4-7-16-12)19-14(21)10-6-8-17-13-11(10)9-18-20(13)3;3-2(4,5)1(6)7/h6,8-9,12,16H,4-5,7H2,1-3H3,(H,19,21);(H,6,7). The van der Waals surface area contributed by atoms with Gasteiger partial charge in [-0.25, -0.2) is 9.78 Å². The van der Waals surface area contributed by atoms with Crippen molar-refractivity contribution in [3.63, 3.8) is 0 Å². The number of halogens is 3. The smallest absolute Gasteiger partial charge is 0.475 e. The van der Waals surface area contributed by atoms with Crippen molar-refractivity contribution >= 4 is 22.9 Å². The number of carbonyl (C=O) groups excluding carboxylic acids is 1. The van der Waals surface area contributed by atoms with E-state index in [0.717, 1.165) is 30.4 Å². The molecule has 1 atom stereocenters. The summed E-state index contributed by atoms with van der Waals surface area (Å²) in [6.45, 7) is 5.15. The van der Waals surface area contributed by atoms with Gasteiger partial charge in [0.15, 0.2) is 5.65 Å². The molecule has 1 fully saturated rings. The molecule has 2 aromatic heterocycles. The molecule has 8 nitrogen and oxygen atoms in total. The number of carbonyl (C=O) groups is 2. The number of amides is 1. The quantitative estimate of drug-likeness (QED) is 0.724. The number of aryl methyl sites for hydroxylation is 1. The van der Waals surface area contributed by atoms with Crippen molar-refractivity contribution in [3.05, 3.63) is 24.0 Å². The van der Waals surface area contributed by atoms with Crippen LogP contribution in [0.25, 0.3) is 11.0 Å². The maximum atomic E-state index is 12.6. The fourth-order valence-electron chi connectivity index (χ4n) is 2.99. The Morgan fingerprint density at radius 2 is 2.00 bits per heavy atom. The van der Waals surface area contributed by atoms with Gasteiger partial charge in [0.25, 0.3) is 5.91 Å². The number of aliphatic carboxylic acids is 1. The van der Waals surface area contributed by atoms with Crippen LogP contribution in [0.5, 0.6) is 0 Å². The van der Waals surface area contributed by atoms with E-state index >= 15 is 0 Å². The van der Waals surface area contributed by atoms with Crippen molar-refractivity contribution < 1.29 is 27.9 Å². The number of rotatable bonds is 3. The van der Waals surface area contributed by atoms with Crippen molar-refractivity contribution in [1.82, 2.24) is 25.4 Å². The van der Waals surface area contributed by atoms with E-state index in [1.807, 2.05) is 7.05 Å². The predicted molar refractivity (Wildman–Crippen MR) is 94.8 cm³/mol. The summed E-state index contributed by atoms with van der Waals surface area (Å²) in [4.78, 5) is 25.8. The summed E-state index contributed by atoms with van der Waals surface area (Å²) < 4.78 is 33.4. The lowest BCUT2D eigenvalue weighted by Crippen LogP contribution is -2.55. The molecule has 0 radical (unpaired) electrons. The Morgan fingerprint density at radius 3 is 2.54 bits per heavy atom. The Labute approximate surface area is 159 Å². The maximum Gasteiger partial charge on any atom is 0.490 e. The molecule has 3 heterocycles. The number of fused-ring (bicyclic) bond motifs is 1. The zero-order valence-electron chi connectivity index (χ0n) is 15.7. The fourth-order valence-corrected chi connectivity index (χ4v) is 2.99. The Balaban J connectivity index is 0.000000345. The van der Waals surface area contributed by atoms with Crippen LogP contribution in [-0.4, -0.2) is 56.0 Å². The van der Waals surface area contributed by atoms with Crippen LogP contribution >= 0.6 is 0 Å². The van der Waals surface area contributed by atoms with Gasteiger partial charge < -0.3 is 15.7 Å². The molecule has 0 aromatic carbocycles. The third-order valence-corrected chi connectivity index (χ3v) is 4.49. The topological polar surface area (TPSA) is 109 Å². The Bertz CT molecular complexity index is 857. The summed E-state index contributed by atoms with van der Waals surface area (Å²) >= 11 is 0. The van der Waals surface area contributed by atoms with Crippen LogP contribution in [0.3, 0.4) is 0 Å². The van der Waals surface area contributed by atoms with E-state index in [1.54, 1.807) is 23.1 Å². The average molecular weight is 401 g/mol. The number of aromatic nitrogens is 3. The van der Waals surface area contributed by atoms with Crippen LogP contribution in [0.1, 0.15) is 37.0 Å². The third kappa shape index (κ3) is 4.97. The van der Waals surface area contributed by atoms with Gasteiger partial charge in [0.2, 0.25) is 0 Å². The highest BCUT2D eigenvalue weighted by atomic mass is 19.4. The molecule has 1 aliphatic heterocycles. The number of hydrogen-bond acceptors (Lipinski definition) is 5. The fraction of sp³-hybridized carbons (Fsp3) is 0.529. The van der Waals surface area contributed by atoms with Crippen LogP contribution in [0, 0.1) is 0 Å². The minimum Gasteiger partial charge on any atom is -0.475 e. The van der Waals surface area contributed by atoms with Crippen molar-refractivity contribution in [2.24, 2.45) is 7.05 Å². The zero-order chi connectivity index (χ0) is 21.1. The van der Waals surface area contributed by atoms with Crippen LogP contribution in [-0.2, 0) is 11.8 Å². The minimum absolute atomic E-state index is 0.0749. The van der Waals surface area contributed by atoms with Gasteiger partial charge in [-0.05, 0) is 39.3 Å². The van der Waals surface area contributed by atoms with Gasteiger partial charge in [-0.15, -0.1) is 0 Å². The molecule has 3 N–H and O–H groups in total. The molecule has 0 saturated carbocycles. The Morgan fingerprint density at radius 1 is 1.36 bits per heavy atom. The number of hydrogen-bond donors (Lipinski definition) is 3. The van der Waals surface area contributed by atoms with E-state index in [2.05, 4.69) is 34.6 Å². The first-order valence-electron chi connectivity index (χ1n) is 8.56. The summed E-state index contributed by atoms with van der Waals surface area (Å²) in [5, 5.41) is 18.7. The highest BCUT2D eigenvalue weighted by Gasteiger charge is 2.38. The van der Waals surface area contributed by atoms with Crippen molar-refractivity contribution in [2.75, 3.05) is 6.54 Å². The molecule has 154 valence electrons. The van der Waals surface area contributed by atoms with Gasteiger partial charge >= 0.3 is 12.1 Å². The lowest BCUT2D eigenvalue weighted by Gasteiger charge is -2.33. The molecule has 1 unspecified atom stereocenters. The Hall–Kier alpha value is -2.69. The van der Waals surface area contributed by atoms with Crippen molar-refractivity contribution in [3.8, 4) is 0 Å². The second-order valence-corrected chi connectivity index (χ2v) is 6.99. The van der Waals surface area contributed by atoms with Crippen LogP contribution in [0.15, 0.2) is 18.5 Å². The highest BCUT2D eigenvalue weighted by Crippen LogP contribution is 2.21. The number of alkyl halides is 3. The van der Waals surface area contributed by atoms with Crippen LogP contribution in [0.2, 0.25) is 0 Å². The van der Waals surface area contributed by atoms with Crippen molar-refractivity contribution in [2.45, 2.75) is 44.4 Å². The molecular weight excluding hydrogens is 379 g/mol. The SMILES string of the molecule is Cn1ncc2c(C(=O)NC(C)(C)C3CCCN3)ccnc21.O=C(O)C(F)(F)F. The third-order valence-electron chi connectivity index (χ3n) is 4.49. The van der Waals surface area contributed by atoms with Gasteiger partial charge in [-0.2, -0.15) is 18.3 Å². The van der Waals surface area contributed by atoms with Gasteiger partial charge in [-0.3, -0.25) is 9.48 Å². The van der Waals surface area contributed by atoms with E-state index in [-0.39, 0.29) is 11.4 Å². The number of carboxylic acid groups (broad SMARTS) is 1. The van der Waals surface area contributed by atoms with Gasteiger partial charge in [0, 0.05) is 24.8 Å². The van der Waals surface area contributed by atoms with Crippen molar-refractivity contribution in [1.29, 1.82) is 0 Å². The first kappa shape index (κ1) is 21.6. The molecule has 2 aromatic rings. The van der Waals surface area contributed by atoms with Crippen LogP contribution < -0.4 is 10.6 Å². The molecule has 0 bridgehead atoms. The first-order valence-corrected chi connectivity index (χ1v) is 8.56. The first-order chi connectivity index (χ1) is 12.9. The lowest BCUT2D eigenvalue weighted by atomic mass is 9.92. The number of nitrogens with zero attached hydrogens (tertiary/aromatic N) is 3. The van der Waals surface area contributed by atoms with Gasteiger partial charge in [0.05, 0.1) is 17.1 Å². The molecular formula is C17H22F3N5O3. The van der Waals surface area contributed by atoms with Gasteiger partial charge in [-0.1, -0.05) is 0 Å². The zero-order valence-corrected chi connectivity index (χ0v) is 15.7. The highest BCUT2D eigenvalue weighted by molar-refractivity contribution is 6.05. The summed E-state index contributed by atoms with van der Waals surface area (Å²) in [5.41, 5.74) is 1.06. The normalized spacial score (nSPS) is 17.1. The van der Waals surface area contributed by atoms with E-state index in [1.165, 1.54) is 0 Å². The van der Waals surface area contributed by atoms with E-state index in [9.17, 15) is 18.0 Å². The molecule has 1 aliphatic rings. The number of pyridine rings is 1. The summed E-state index contributed by atoms with van der Waals surface area (Å²) in [5.74, 6) is -2.83. The second kappa shape index (κ2) is 8.13.